The Hall–Kier alpha value is -2.64. The summed E-state index contributed by atoms with van der Waals surface area (Å²) in [5.41, 5.74) is 1.83. The van der Waals surface area contributed by atoms with Gasteiger partial charge in [-0.3, -0.25) is 4.98 Å². The quantitative estimate of drug-likeness (QED) is 0.539. The van der Waals surface area contributed by atoms with Gasteiger partial charge in [-0.15, -0.1) is 11.3 Å². The molecule has 0 spiro atoms. The number of ether oxygens (including phenoxy) is 1. The maximum Gasteiger partial charge on any atom is 0.269 e. The second-order valence-corrected chi connectivity index (χ2v) is 7.31. The lowest BCUT2D eigenvalue weighted by atomic mass is 10.0. The van der Waals surface area contributed by atoms with Crippen molar-refractivity contribution in [3.05, 3.63) is 47.7 Å². The molecule has 4 heterocycles. The standard InChI is InChI=1S/C19H16N4O2S/c1-2-4-15-13(3-1)14(5-8-20-15)17-22-18(25-23-17)16-11-21-19(26-16)12-6-9-24-10-7-12/h1-5,8,11-12H,6-7,9-10H2. The third kappa shape index (κ3) is 2.79. The lowest BCUT2D eigenvalue weighted by Crippen LogP contribution is -2.13. The Balaban J connectivity index is 1.48. The third-order valence-corrected chi connectivity index (χ3v) is 5.77. The van der Waals surface area contributed by atoms with Gasteiger partial charge in [0.1, 0.15) is 4.88 Å². The number of hydrogen-bond acceptors (Lipinski definition) is 7. The van der Waals surface area contributed by atoms with Crippen molar-refractivity contribution in [2.45, 2.75) is 18.8 Å². The number of aromatic nitrogens is 4. The summed E-state index contributed by atoms with van der Waals surface area (Å²) < 4.78 is 10.9. The van der Waals surface area contributed by atoms with Crippen molar-refractivity contribution >= 4 is 22.2 Å². The minimum atomic E-state index is 0.467. The van der Waals surface area contributed by atoms with Gasteiger partial charge in [-0.2, -0.15) is 4.98 Å². The van der Waals surface area contributed by atoms with Crippen LogP contribution in [0.5, 0.6) is 0 Å². The number of hydrogen-bond donors (Lipinski definition) is 0. The van der Waals surface area contributed by atoms with Crippen LogP contribution in [0, 0.1) is 0 Å². The molecule has 0 atom stereocenters. The Morgan fingerprint density at radius 3 is 2.85 bits per heavy atom. The monoisotopic (exact) mass is 364 g/mol. The molecule has 3 aromatic heterocycles. The molecule has 0 aliphatic carbocycles. The highest BCUT2D eigenvalue weighted by molar-refractivity contribution is 7.15. The van der Waals surface area contributed by atoms with E-state index in [1.165, 1.54) is 0 Å². The van der Waals surface area contributed by atoms with Crippen LogP contribution in [-0.2, 0) is 4.74 Å². The van der Waals surface area contributed by atoms with Gasteiger partial charge < -0.3 is 9.26 Å². The molecule has 1 saturated heterocycles. The van der Waals surface area contributed by atoms with Crippen molar-refractivity contribution < 1.29 is 9.26 Å². The molecule has 1 aromatic carbocycles. The zero-order valence-corrected chi connectivity index (χ0v) is 14.8. The van der Waals surface area contributed by atoms with Crippen LogP contribution >= 0.6 is 11.3 Å². The summed E-state index contributed by atoms with van der Waals surface area (Å²) in [6.45, 7) is 1.61. The molecule has 1 aliphatic heterocycles. The second kappa shape index (κ2) is 6.59. The minimum absolute atomic E-state index is 0.467. The van der Waals surface area contributed by atoms with E-state index < -0.39 is 0 Å². The SMILES string of the molecule is c1ccc2c(-c3noc(-c4cnc(C5CCOCC5)s4)n3)ccnc2c1. The van der Waals surface area contributed by atoms with Gasteiger partial charge in [0.15, 0.2) is 0 Å². The first kappa shape index (κ1) is 15.6. The van der Waals surface area contributed by atoms with Crippen molar-refractivity contribution in [3.8, 4) is 22.2 Å². The van der Waals surface area contributed by atoms with Crippen molar-refractivity contribution in [2.24, 2.45) is 0 Å². The Morgan fingerprint density at radius 1 is 1.04 bits per heavy atom. The first-order valence-electron chi connectivity index (χ1n) is 8.60. The molecule has 0 saturated carbocycles. The van der Waals surface area contributed by atoms with Gasteiger partial charge in [-0.1, -0.05) is 23.4 Å². The second-order valence-electron chi connectivity index (χ2n) is 6.25. The first-order valence-corrected chi connectivity index (χ1v) is 9.42. The van der Waals surface area contributed by atoms with E-state index in [2.05, 4.69) is 20.1 Å². The number of thiazole rings is 1. The van der Waals surface area contributed by atoms with Gasteiger partial charge >= 0.3 is 0 Å². The predicted molar refractivity (Wildman–Crippen MR) is 98.9 cm³/mol. The largest absolute Gasteiger partial charge is 0.381 e. The number of nitrogens with zero attached hydrogens (tertiary/aromatic N) is 4. The van der Waals surface area contributed by atoms with E-state index >= 15 is 0 Å². The van der Waals surface area contributed by atoms with Crippen LogP contribution in [0.25, 0.3) is 33.1 Å². The summed E-state index contributed by atoms with van der Waals surface area (Å²) in [5.74, 6) is 1.55. The Kier molecular flexibility index (Phi) is 3.95. The van der Waals surface area contributed by atoms with E-state index in [1.807, 2.05) is 36.5 Å². The van der Waals surface area contributed by atoms with Crippen molar-refractivity contribution in [2.75, 3.05) is 13.2 Å². The van der Waals surface area contributed by atoms with Gasteiger partial charge in [-0.25, -0.2) is 4.98 Å². The number of para-hydroxylation sites is 1. The van der Waals surface area contributed by atoms with Gasteiger partial charge in [0.05, 0.1) is 16.7 Å². The van der Waals surface area contributed by atoms with Crippen LogP contribution in [0.3, 0.4) is 0 Å². The van der Waals surface area contributed by atoms with Crippen LogP contribution in [-0.4, -0.2) is 33.3 Å². The highest BCUT2D eigenvalue weighted by atomic mass is 32.1. The van der Waals surface area contributed by atoms with Gasteiger partial charge in [0.2, 0.25) is 5.82 Å². The summed E-state index contributed by atoms with van der Waals surface area (Å²) in [4.78, 5) is 14.5. The molecule has 0 amide bonds. The Bertz CT molecular complexity index is 1050. The minimum Gasteiger partial charge on any atom is -0.381 e. The van der Waals surface area contributed by atoms with E-state index in [1.54, 1.807) is 17.5 Å². The number of rotatable bonds is 3. The highest BCUT2D eigenvalue weighted by Crippen LogP contribution is 2.35. The molecule has 1 aliphatic rings. The van der Waals surface area contributed by atoms with Gasteiger partial charge in [-0.05, 0) is 25.0 Å². The maximum atomic E-state index is 5.52. The van der Waals surface area contributed by atoms with E-state index in [0.717, 1.165) is 52.4 Å². The Morgan fingerprint density at radius 2 is 1.92 bits per heavy atom. The van der Waals surface area contributed by atoms with Crippen LogP contribution in [0.1, 0.15) is 23.8 Å². The zero-order valence-electron chi connectivity index (χ0n) is 14.0. The molecule has 0 unspecified atom stereocenters. The van der Waals surface area contributed by atoms with E-state index in [4.69, 9.17) is 9.26 Å². The fourth-order valence-corrected chi connectivity index (χ4v) is 4.25. The average molecular weight is 364 g/mol. The van der Waals surface area contributed by atoms with Gasteiger partial charge in [0.25, 0.3) is 5.89 Å². The maximum absolute atomic E-state index is 5.52. The smallest absolute Gasteiger partial charge is 0.269 e. The molecular weight excluding hydrogens is 348 g/mol. The van der Waals surface area contributed by atoms with Crippen molar-refractivity contribution in [3.63, 3.8) is 0 Å². The number of pyridine rings is 1. The van der Waals surface area contributed by atoms with Crippen LogP contribution in [0.2, 0.25) is 0 Å². The lowest BCUT2D eigenvalue weighted by Gasteiger charge is -2.19. The molecular formula is C19H16N4O2S. The van der Waals surface area contributed by atoms with Gasteiger partial charge in [0, 0.05) is 36.3 Å². The molecule has 1 fully saturated rings. The van der Waals surface area contributed by atoms with Crippen LogP contribution in [0.15, 0.2) is 47.2 Å². The molecule has 0 bridgehead atoms. The number of benzene rings is 1. The zero-order chi connectivity index (χ0) is 17.3. The summed E-state index contributed by atoms with van der Waals surface area (Å²) >= 11 is 1.63. The third-order valence-electron chi connectivity index (χ3n) is 4.62. The molecule has 6 nitrogen and oxygen atoms in total. The summed E-state index contributed by atoms with van der Waals surface area (Å²) in [6, 6.07) is 9.86. The summed E-state index contributed by atoms with van der Waals surface area (Å²) in [5, 5.41) is 6.31. The number of fused-ring (bicyclic) bond motifs is 1. The average Bonchev–Trinajstić information content (AvgIpc) is 3.38. The Labute approximate surface area is 153 Å². The normalized spacial score (nSPS) is 15.5. The molecule has 4 aromatic rings. The highest BCUT2D eigenvalue weighted by Gasteiger charge is 2.21. The molecule has 130 valence electrons. The van der Waals surface area contributed by atoms with Crippen LogP contribution in [0.4, 0.5) is 0 Å². The molecule has 0 radical (unpaired) electrons. The fourth-order valence-electron chi connectivity index (χ4n) is 3.24. The summed E-state index contributed by atoms with van der Waals surface area (Å²) in [6.07, 6.45) is 5.64. The molecule has 26 heavy (non-hydrogen) atoms. The van der Waals surface area contributed by atoms with E-state index in [9.17, 15) is 0 Å². The molecule has 0 N–H and O–H groups in total. The summed E-state index contributed by atoms with van der Waals surface area (Å²) in [7, 11) is 0. The van der Waals surface area contributed by atoms with Crippen molar-refractivity contribution in [1.29, 1.82) is 0 Å². The first-order chi connectivity index (χ1) is 12.9. The topological polar surface area (TPSA) is 73.9 Å². The lowest BCUT2D eigenvalue weighted by molar-refractivity contribution is 0.0853. The van der Waals surface area contributed by atoms with E-state index in [-0.39, 0.29) is 0 Å². The fraction of sp³-hybridized carbons (Fsp3) is 0.263. The predicted octanol–water partition coefficient (Wildman–Crippen LogP) is 4.30. The molecule has 5 rings (SSSR count). The van der Waals surface area contributed by atoms with Crippen molar-refractivity contribution in [1.82, 2.24) is 20.1 Å². The van der Waals surface area contributed by atoms with Crippen LogP contribution < -0.4 is 0 Å². The molecule has 7 heteroatoms. The van der Waals surface area contributed by atoms with E-state index in [0.29, 0.717) is 17.6 Å².